The van der Waals surface area contributed by atoms with Crippen molar-refractivity contribution in [3.63, 3.8) is 0 Å². The van der Waals surface area contributed by atoms with E-state index >= 15 is 0 Å². The minimum Gasteiger partial charge on any atom is -0.369 e. The summed E-state index contributed by atoms with van der Waals surface area (Å²) >= 11 is 6.83. The molecule has 5 aromatic rings. The van der Waals surface area contributed by atoms with Gasteiger partial charge in [0.15, 0.2) is 0 Å². The second-order valence-electron chi connectivity index (χ2n) is 15.9. The summed E-state index contributed by atoms with van der Waals surface area (Å²) < 4.78 is 29.4. The Morgan fingerprint density at radius 1 is 0.879 bits per heavy atom. The lowest BCUT2D eigenvalue weighted by Gasteiger charge is -2.38. The third-order valence-corrected chi connectivity index (χ3v) is 12.6. The number of pyridine rings is 2. The summed E-state index contributed by atoms with van der Waals surface area (Å²) in [5.74, 6) is 0.815. The van der Waals surface area contributed by atoms with Crippen LogP contribution in [0.15, 0.2) is 79.3 Å². The lowest BCUT2D eigenvalue weighted by Crippen LogP contribution is -2.47. The average molecular weight is 808 g/mol. The number of rotatable bonds is 13. The van der Waals surface area contributed by atoms with Gasteiger partial charge in [0.25, 0.3) is 11.8 Å². The fraction of sp³-hybridized carbons (Fsp3) is 0.400. The molecular formula is C45H48ClF2N7O3. The van der Waals surface area contributed by atoms with Gasteiger partial charge in [-0.15, -0.1) is 0 Å². The number of fused-ring (bicyclic) bond motifs is 4. The Balaban J connectivity index is 0.827. The van der Waals surface area contributed by atoms with E-state index in [2.05, 4.69) is 26.3 Å². The molecule has 2 amide bonds. The van der Waals surface area contributed by atoms with Gasteiger partial charge in [-0.05, 0) is 87.0 Å². The van der Waals surface area contributed by atoms with Gasteiger partial charge in [-0.2, -0.15) is 8.78 Å². The van der Waals surface area contributed by atoms with Gasteiger partial charge in [-0.25, -0.2) is 4.98 Å². The predicted molar refractivity (Wildman–Crippen MR) is 225 cm³/mol. The molecule has 6 heterocycles. The Kier molecular flexibility index (Phi) is 11.3. The number of carbonyl (C=O) groups excluding carboxylic acids is 3. The number of piperidine rings is 1. The molecule has 0 bridgehead atoms. The maximum absolute atomic E-state index is 14.2. The molecule has 8 rings (SSSR count). The van der Waals surface area contributed by atoms with Gasteiger partial charge in [-0.1, -0.05) is 42.8 Å². The van der Waals surface area contributed by atoms with Crippen LogP contribution < -0.4 is 9.80 Å². The Morgan fingerprint density at radius 3 is 2.34 bits per heavy atom. The van der Waals surface area contributed by atoms with Gasteiger partial charge in [0.1, 0.15) is 11.6 Å². The normalized spacial score (nSPS) is 17.2. The van der Waals surface area contributed by atoms with E-state index < -0.39 is 12.6 Å². The van der Waals surface area contributed by atoms with Gasteiger partial charge < -0.3 is 9.80 Å². The maximum Gasteiger partial charge on any atom is 0.319 e. The number of Topliss-reactive ketones (excluding diaryl/α,β-unsaturated/α-hetero) is 1. The second kappa shape index (κ2) is 16.6. The largest absolute Gasteiger partial charge is 0.369 e. The van der Waals surface area contributed by atoms with Crippen LogP contribution in [0.4, 0.5) is 20.3 Å². The fourth-order valence-corrected chi connectivity index (χ4v) is 9.22. The molecule has 2 saturated heterocycles. The van der Waals surface area contributed by atoms with Crippen molar-refractivity contribution in [2.24, 2.45) is 5.92 Å². The van der Waals surface area contributed by atoms with E-state index in [4.69, 9.17) is 16.6 Å². The molecule has 10 nitrogen and oxygen atoms in total. The highest BCUT2D eigenvalue weighted by Crippen LogP contribution is 2.38. The Morgan fingerprint density at radius 2 is 1.64 bits per heavy atom. The van der Waals surface area contributed by atoms with E-state index in [9.17, 15) is 23.2 Å². The number of imide groups is 1. The smallest absolute Gasteiger partial charge is 0.319 e. The number of carbonyl (C=O) groups is 3. The van der Waals surface area contributed by atoms with Crippen molar-refractivity contribution in [1.82, 2.24) is 24.3 Å². The van der Waals surface area contributed by atoms with Crippen LogP contribution in [0.5, 0.6) is 0 Å². The molecule has 2 fully saturated rings. The molecule has 3 aliphatic heterocycles. The van der Waals surface area contributed by atoms with E-state index in [1.807, 2.05) is 37.3 Å². The number of alkyl halides is 2. The maximum atomic E-state index is 14.2. The average Bonchev–Trinajstić information content (AvgIpc) is 3.70. The van der Waals surface area contributed by atoms with Gasteiger partial charge in [0, 0.05) is 92.7 Å². The van der Waals surface area contributed by atoms with E-state index in [0.717, 1.165) is 97.7 Å². The van der Waals surface area contributed by atoms with E-state index in [1.54, 1.807) is 37.5 Å². The van der Waals surface area contributed by atoms with Crippen LogP contribution in [0.2, 0.25) is 5.02 Å². The van der Waals surface area contributed by atoms with Crippen LogP contribution >= 0.6 is 11.6 Å². The van der Waals surface area contributed by atoms with Gasteiger partial charge in [-0.3, -0.25) is 33.7 Å². The number of hydrogen-bond acceptors (Lipinski definition) is 8. The molecule has 2 aromatic carbocycles. The minimum absolute atomic E-state index is 0.102. The molecule has 0 N–H and O–H groups in total. The van der Waals surface area contributed by atoms with E-state index in [-0.39, 0.29) is 17.6 Å². The number of amides is 2. The topological polar surface area (TPSA) is 94.9 Å². The van der Waals surface area contributed by atoms with Crippen molar-refractivity contribution in [1.29, 1.82) is 0 Å². The zero-order valence-electron chi connectivity index (χ0n) is 33.0. The first kappa shape index (κ1) is 39.6. The van der Waals surface area contributed by atoms with Crippen molar-refractivity contribution >= 4 is 62.5 Å². The molecule has 1 atom stereocenters. The molecule has 0 radical (unpaired) electrons. The first-order valence-corrected chi connectivity index (χ1v) is 20.6. The Bertz CT molecular complexity index is 2400. The molecule has 0 aliphatic carbocycles. The molecule has 0 saturated carbocycles. The van der Waals surface area contributed by atoms with Gasteiger partial charge >= 0.3 is 6.55 Å². The monoisotopic (exact) mass is 807 g/mol. The van der Waals surface area contributed by atoms with Crippen molar-refractivity contribution in [2.45, 2.75) is 65.0 Å². The molecule has 3 aromatic heterocycles. The Hall–Kier alpha value is -5.20. The summed E-state index contributed by atoms with van der Waals surface area (Å²) in [6, 6.07) is 14.1. The van der Waals surface area contributed by atoms with Crippen molar-refractivity contribution in [3.8, 4) is 11.1 Å². The lowest BCUT2D eigenvalue weighted by atomic mass is 9.93. The summed E-state index contributed by atoms with van der Waals surface area (Å²) in [6.45, 7) is 11.2. The number of ketones is 1. The van der Waals surface area contributed by atoms with Crippen LogP contribution in [-0.2, 0) is 4.79 Å². The summed E-state index contributed by atoms with van der Waals surface area (Å²) in [4.78, 5) is 56.2. The number of anilines is 2. The van der Waals surface area contributed by atoms with Crippen LogP contribution in [0.1, 0.15) is 79.6 Å². The standard InChI is InChI=1S/C45H48ClF2N7O3/c1-4-33(56)7-10-39(28(2)3)55-43(57)35-9-6-32(25-36(35)44(55)58)52-21-19-51(20-22-52)16-12-29-13-17-53(18-14-29)42-38(46)23-31(26-50-42)30-5-8-34-37-27-49-15-11-40(37)54(45(47)48)41(34)24-30/h5-6,8-9,11,15,23-27,29,39,45H,2,4,7,10,12-14,16-22H2,1,3H3. The molecule has 302 valence electrons. The summed E-state index contributed by atoms with van der Waals surface area (Å²) in [5, 5.41) is 1.95. The van der Waals surface area contributed by atoms with Crippen LogP contribution in [0.25, 0.3) is 32.9 Å². The third kappa shape index (κ3) is 7.59. The number of piperazine rings is 1. The highest BCUT2D eigenvalue weighted by molar-refractivity contribution is 6.33. The van der Waals surface area contributed by atoms with Gasteiger partial charge in [0.2, 0.25) is 0 Å². The van der Waals surface area contributed by atoms with Crippen molar-refractivity contribution in [3.05, 3.63) is 95.4 Å². The van der Waals surface area contributed by atoms with E-state index in [0.29, 0.717) is 63.3 Å². The zero-order chi connectivity index (χ0) is 40.7. The lowest BCUT2D eigenvalue weighted by molar-refractivity contribution is -0.119. The molecular weight excluding hydrogens is 760 g/mol. The molecule has 13 heteroatoms. The SMILES string of the molecule is C=C(C)C(CCC(=O)CC)N1C(=O)c2ccc(N3CCN(CCC4CCN(c5ncc(-c6ccc7c8cnccc8n(C(F)F)c7c6)cc5Cl)CC4)CC3)cc2C1=O. The summed E-state index contributed by atoms with van der Waals surface area (Å²) in [6.07, 6.45) is 9.25. The van der Waals surface area contributed by atoms with Gasteiger partial charge in [0.05, 0.1) is 33.2 Å². The van der Waals surface area contributed by atoms with Crippen molar-refractivity contribution < 1.29 is 23.2 Å². The quantitative estimate of drug-likeness (QED) is 0.0860. The number of nitrogens with zero attached hydrogens (tertiary/aromatic N) is 7. The molecule has 58 heavy (non-hydrogen) atoms. The second-order valence-corrected chi connectivity index (χ2v) is 16.3. The van der Waals surface area contributed by atoms with Crippen LogP contribution in [-0.4, -0.2) is 93.8 Å². The first-order valence-electron chi connectivity index (χ1n) is 20.2. The predicted octanol–water partition coefficient (Wildman–Crippen LogP) is 9.03. The minimum atomic E-state index is -2.69. The third-order valence-electron chi connectivity index (χ3n) is 12.3. The zero-order valence-corrected chi connectivity index (χ0v) is 33.7. The molecule has 0 spiro atoms. The number of hydrogen-bond donors (Lipinski definition) is 0. The highest BCUT2D eigenvalue weighted by Gasteiger charge is 2.41. The number of halogens is 3. The molecule has 3 aliphatic rings. The highest BCUT2D eigenvalue weighted by atomic mass is 35.5. The summed E-state index contributed by atoms with van der Waals surface area (Å²) in [7, 11) is 0. The van der Waals surface area contributed by atoms with Crippen LogP contribution in [0, 0.1) is 5.92 Å². The number of benzene rings is 2. The molecule has 1 unspecified atom stereocenters. The summed E-state index contributed by atoms with van der Waals surface area (Å²) in [5.41, 5.74) is 4.88. The Labute approximate surface area is 342 Å². The number of aromatic nitrogens is 3. The first-order chi connectivity index (χ1) is 28.0. The van der Waals surface area contributed by atoms with E-state index in [1.165, 1.54) is 11.1 Å². The van der Waals surface area contributed by atoms with Crippen LogP contribution in [0.3, 0.4) is 0 Å². The van der Waals surface area contributed by atoms with Crippen molar-refractivity contribution in [2.75, 3.05) is 55.6 Å². The fourth-order valence-electron chi connectivity index (χ4n) is 8.93.